The lowest BCUT2D eigenvalue weighted by Crippen LogP contribution is -1.96. The maximum absolute atomic E-state index is 2.28. The van der Waals surface area contributed by atoms with E-state index < -0.39 is 0 Å². The van der Waals surface area contributed by atoms with Crippen LogP contribution >= 0.6 is 94.1 Å². The molecule has 56 heavy (non-hydrogen) atoms. The van der Waals surface area contributed by atoms with Gasteiger partial charge in [-0.3, -0.25) is 0 Å². The van der Waals surface area contributed by atoms with Crippen molar-refractivity contribution < 1.29 is 0 Å². The summed E-state index contributed by atoms with van der Waals surface area (Å²) in [6.45, 7) is 0. The third-order valence-corrected chi connectivity index (χ3v) is 20.1. The molecular weight excluding hydrogens is 833 g/mol. The molecule has 0 saturated heterocycles. The van der Waals surface area contributed by atoms with E-state index in [1.165, 1.54) is 101 Å². The molecule has 0 nitrogen and oxygen atoms in total. The van der Waals surface area contributed by atoms with Crippen molar-refractivity contribution in [2.24, 2.45) is 0 Å². The highest BCUT2D eigenvalue weighted by atomic mass is 32.2. The van der Waals surface area contributed by atoms with Crippen LogP contribution in [0.1, 0.15) is 0 Å². The van der Waals surface area contributed by atoms with Crippen molar-refractivity contribution in [1.29, 1.82) is 0 Å². The monoisotopic (exact) mass is 860 g/mol. The van der Waals surface area contributed by atoms with Crippen LogP contribution in [-0.4, -0.2) is 0 Å². The highest BCUT2D eigenvalue weighted by Crippen LogP contribution is 2.58. The first kappa shape index (κ1) is 35.7. The third-order valence-electron chi connectivity index (χ3n) is 9.62. The van der Waals surface area contributed by atoms with Crippen LogP contribution in [0.25, 0.3) is 22.3 Å². The molecule has 0 N–H and O–H groups in total. The van der Waals surface area contributed by atoms with Gasteiger partial charge in [0.15, 0.2) is 0 Å². The van der Waals surface area contributed by atoms with Gasteiger partial charge in [-0.1, -0.05) is 191 Å². The number of benzene rings is 8. The third kappa shape index (κ3) is 6.66. The van der Waals surface area contributed by atoms with E-state index in [2.05, 4.69) is 170 Å². The largest absolute Gasteiger partial charge is 0.0877 e. The topological polar surface area (TPSA) is 0 Å². The van der Waals surface area contributed by atoms with Crippen molar-refractivity contribution in [3.63, 3.8) is 0 Å². The van der Waals surface area contributed by atoms with E-state index >= 15 is 0 Å². The van der Waals surface area contributed by atoms with Crippen LogP contribution in [0.4, 0.5) is 0 Å². The predicted molar refractivity (Wildman–Crippen MR) is 243 cm³/mol. The molecule has 4 aliphatic rings. The second-order valence-electron chi connectivity index (χ2n) is 13.1. The second-order valence-corrected chi connectivity index (χ2v) is 21.7. The Kier molecular flexibility index (Phi) is 9.81. The molecule has 0 aromatic heterocycles. The Balaban J connectivity index is 0.000000130. The highest BCUT2D eigenvalue weighted by Gasteiger charge is 2.26. The zero-order valence-electron chi connectivity index (χ0n) is 29.4. The average Bonchev–Trinajstić information content (AvgIpc) is 3.25. The fourth-order valence-electron chi connectivity index (χ4n) is 7.04. The summed E-state index contributed by atoms with van der Waals surface area (Å²) in [7, 11) is 0. The first-order valence-corrected chi connectivity index (χ1v) is 24.6. The standard InChI is InChI=1S/2C24H14S4/c2*1-3-11-19-17(9-1)25-21-13-5-7-15(23(21)27-19)16-8-6-14-22-24(16)28-20-12-4-2-10-18(20)26-22/h2*1-14H. The van der Waals surface area contributed by atoms with Crippen molar-refractivity contribution in [2.45, 2.75) is 78.3 Å². The van der Waals surface area contributed by atoms with Gasteiger partial charge in [-0.25, -0.2) is 0 Å². The van der Waals surface area contributed by atoms with Gasteiger partial charge in [-0.15, -0.1) is 0 Å². The van der Waals surface area contributed by atoms with Crippen LogP contribution in [0.5, 0.6) is 0 Å². The smallest absolute Gasteiger partial charge is 0.0341 e. The molecular formula is C48H28S8. The number of hydrogen-bond donors (Lipinski definition) is 0. The van der Waals surface area contributed by atoms with E-state index in [1.54, 1.807) is 0 Å². The summed E-state index contributed by atoms with van der Waals surface area (Å²) in [5.74, 6) is 0. The summed E-state index contributed by atoms with van der Waals surface area (Å²) in [6, 6.07) is 61.7. The minimum Gasteiger partial charge on any atom is -0.0877 e. The zero-order valence-corrected chi connectivity index (χ0v) is 36.0. The van der Waals surface area contributed by atoms with Crippen LogP contribution in [0.3, 0.4) is 0 Å². The summed E-state index contributed by atoms with van der Waals surface area (Å²) in [5.41, 5.74) is 5.37. The van der Waals surface area contributed by atoms with Gasteiger partial charge in [-0.2, -0.15) is 0 Å². The zero-order chi connectivity index (χ0) is 37.0. The second kappa shape index (κ2) is 15.4. The van der Waals surface area contributed by atoms with E-state index in [9.17, 15) is 0 Å². The SMILES string of the molecule is c1ccc2c(c1)Sc1cccc(-c3cccc4c3Sc3ccccc3S4)c1S2.c1ccc2c(c1)Sc1cccc(-c3cccc4c3Sc3ccccc3S4)c1S2. The quantitative estimate of drug-likeness (QED) is 0.166. The van der Waals surface area contributed by atoms with Gasteiger partial charge in [0.25, 0.3) is 0 Å². The van der Waals surface area contributed by atoms with E-state index in [0.29, 0.717) is 0 Å². The Hall–Kier alpha value is -3.44. The summed E-state index contributed by atoms with van der Waals surface area (Å²) < 4.78 is 0. The lowest BCUT2D eigenvalue weighted by molar-refractivity contribution is 1.13. The Morgan fingerprint density at radius 3 is 0.554 bits per heavy atom. The van der Waals surface area contributed by atoms with Crippen LogP contribution in [-0.2, 0) is 0 Å². The molecule has 268 valence electrons. The Bertz CT molecular complexity index is 2460. The molecule has 0 amide bonds. The molecule has 0 fully saturated rings. The molecule has 0 radical (unpaired) electrons. The van der Waals surface area contributed by atoms with Crippen molar-refractivity contribution in [3.05, 3.63) is 170 Å². The van der Waals surface area contributed by atoms with Crippen LogP contribution in [0.2, 0.25) is 0 Å². The molecule has 0 atom stereocenters. The van der Waals surface area contributed by atoms with Crippen LogP contribution in [0.15, 0.2) is 248 Å². The molecule has 8 aromatic rings. The van der Waals surface area contributed by atoms with E-state index in [4.69, 9.17) is 0 Å². The van der Waals surface area contributed by atoms with Crippen LogP contribution < -0.4 is 0 Å². The summed E-state index contributed by atoms with van der Waals surface area (Å²) in [4.78, 5) is 21.7. The highest BCUT2D eigenvalue weighted by molar-refractivity contribution is 8.06. The summed E-state index contributed by atoms with van der Waals surface area (Å²) >= 11 is 15.2. The normalized spacial score (nSPS) is 13.9. The molecule has 0 saturated carbocycles. The van der Waals surface area contributed by atoms with Crippen molar-refractivity contribution in [2.75, 3.05) is 0 Å². The van der Waals surface area contributed by atoms with Crippen molar-refractivity contribution >= 4 is 94.1 Å². The molecule has 0 spiro atoms. The Morgan fingerprint density at radius 2 is 0.339 bits per heavy atom. The Labute approximate surface area is 361 Å². The molecule has 4 heterocycles. The predicted octanol–water partition coefficient (Wildman–Crippen LogP) is 17.2. The molecule has 4 aliphatic heterocycles. The van der Waals surface area contributed by atoms with Gasteiger partial charge < -0.3 is 0 Å². The first-order chi connectivity index (χ1) is 27.7. The minimum atomic E-state index is 1.34. The fourth-order valence-corrected chi connectivity index (χ4v) is 16.6. The lowest BCUT2D eigenvalue weighted by atomic mass is 10.1. The van der Waals surface area contributed by atoms with Gasteiger partial charge >= 0.3 is 0 Å². The fraction of sp³-hybridized carbons (Fsp3) is 0. The number of rotatable bonds is 2. The van der Waals surface area contributed by atoms with E-state index in [-0.39, 0.29) is 0 Å². The van der Waals surface area contributed by atoms with Gasteiger partial charge in [0.2, 0.25) is 0 Å². The van der Waals surface area contributed by atoms with Gasteiger partial charge in [0.05, 0.1) is 0 Å². The van der Waals surface area contributed by atoms with E-state index in [1.807, 2.05) is 94.1 Å². The van der Waals surface area contributed by atoms with Gasteiger partial charge in [-0.05, 0) is 95.1 Å². The van der Waals surface area contributed by atoms with Gasteiger partial charge in [0.1, 0.15) is 0 Å². The van der Waals surface area contributed by atoms with Crippen molar-refractivity contribution in [1.82, 2.24) is 0 Å². The lowest BCUT2D eigenvalue weighted by Gasteiger charge is -2.24. The molecule has 0 aliphatic carbocycles. The Morgan fingerprint density at radius 1 is 0.161 bits per heavy atom. The summed E-state index contributed by atoms with van der Waals surface area (Å²) in [5, 5.41) is 0. The van der Waals surface area contributed by atoms with Crippen LogP contribution in [0, 0.1) is 0 Å². The van der Waals surface area contributed by atoms with E-state index in [0.717, 1.165) is 0 Å². The minimum absolute atomic E-state index is 1.34. The molecule has 8 aromatic carbocycles. The maximum Gasteiger partial charge on any atom is 0.0341 e. The molecule has 0 bridgehead atoms. The average molecular weight is 861 g/mol. The summed E-state index contributed by atoms with van der Waals surface area (Å²) in [6.07, 6.45) is 0. The maximum atomic E-state index is 2.28. The number of hydrogen-bond acceptors (Lipinski definition) is 8. The van der Waals surface area contributed by atoms with Gasteiger partial charge in [0, 0.05) is 78.3 Å². The first-order valence-electron chi connectivity index (χ1n) is 18.1. The van der Waals surface area contributed by atoms with Crippen molar-refractivity contribution in [3.8, 4) is 22.3 Å². The molecule has 12 rings (SSSR count). The molecule has 0 unspecified atom stereocenters. The molecule has 8 heteroatoms. The number of fused-ring (bicyclic) bond motifs is 8.